The number of aromatic carboxylic acids is 1. The average Bonchev–Trinajstić information content (AvgIpc) is 2.17. The summed E-state index contributed by atoms with van der Waals surface area (Å²) < 4.78 is 0. The molecule has 1 N–H and O–H groups in total. The van der Waals surface area contributed by atoms with E-state index in [0.717, 1.165) is 5.56 Å². The molecule has 0 fully saturated rings. The number of allylic oxidation sites excluding steroid dienone is 1. The summed E-state index contributed by atoms with van der Waals surface area (Å²) in [6, 6.07) is 6.61. The van der Waals surface area contributed by atoms with E-state index in [2.05, 4.69) is 0 Å². The van der Waals surface area contributed by atoms with Gasteiger partial charge in [-0.1, -0.05) is 29.8 Å². The zero-order chi connectivity index (χ0) is 11.3. The minimum atomic E-state index is -1.05. The maximum Gasteiger partial charge on any atom is 0.337 e. The number of benzene rings is 1. The summed E-state index contributed by atoms with van der Waals surface area (Å²) in [5, 5.41) is 17.2. The first-order valence-corrected chi connectivity index (χ1v) is 4.59. The number of nitrogens with zero attached hydrogens (tertiary/aromatic N) is 1. The molecule has 0 aliphatic rings. The maximum absolute atomic E-state index is 10.6. The molecule has 1 aromatic carbocycles. The Balaban J connectivity index is 2.93. The molecule has 15 heavy (non-hydrogen) atoms. The van der Waals surface area contributed by atoms with Gasteiger partial charge in [0.2, 0.25) is 0 Å². The lowest BCUT2D eigenvalue weighted by atomic mass is 10.1. The lowest BCUT2D eigenvalue weighted by molar-refractivity contribution is 0.0697. The van der Waals surface area contributed by atoms with Crippen LogP contribution in [0.15, 0.2) is 24.3 Å². The smallest absolute Gasteiger partial charge is 0.337 e. The first-order chi connectivity index (χ1) is 7.15. The fraction of sp³-hybridized carbons (Fsp3) is 0.0909. The van der Waals surface area contributed by atoms with Crippen molar-refractivity contribution in [3.63, 3.8) is 0 Å². The number of nitriles is 1. The summed E-state index contributed by atoms with van der Waals surface area (Å²) in [5.41, 5.74) is 0.856. The van der Waals surface area contributed by atoms with Crippen molar-refractivity contribution >= 4 is 23.6 Å². The molecule has 76 valence electrons. The first-order valence-electron chi connectivity index (χ1n) is 4.21. The zero-order valence-electron chi connectivity index (χ0n) is 7.77. The highest BCUT2D eigenvalue weighted by Gasteiger charge is 2.07. The van der Waals surface area contributed by atoms with Crippen molar-refractivity contribution in [3.8, 4) is 6.07 Å². The summed E-state index contributed by atoms with van der Waals surface area (Å²) in [4.78, 5) is 10.6. The van der Waals surface area contributed by atoms with Crippen LogP contribution in [0.3, 0.4) is 0 Å². The Morgan fingerprint density at radius 1 is 1.60 bits per heavy atom. The fourth-order valence-electron chi connectivity index (χ4n) is 1.06. The molecule has 0 heterocycles. The third kappa shape index (κ3) is 3.12. The minimum absolute atomic E-state index is 0.0779. The fourth-order valence-corrected chi connectivity index (χ4v) is 1.33. The quantitative estimate of drug-likeness (QED) is 0.854. The number of rotatable bonds is 3. The molecule has 0 atom stereocenters. The lowest BCUT2D eigenvalue weighted by Gasteiger charge is -1.99. The Bertz CT molecular complexity index is 446. The van der Waals surface area contributed by atoms with Gasteiger partial charge in [0, 0.05) is 0 Å². The van der Waals surface area contributed by atoms with Crippen molar-refractivity contribution in [3.05, 3.63) is 40.4 Å². The van der Waals surface area contributed by atoms with Crippen LogP contribution in [0.25, 0.3) is 6.08 Å². The van der Waals surface area contributed by atoms with Gasteiger partial charge in [0.05, 0.1) is 23.1 Å². The van der Waals surface area contributed by atoms with Gasteiger partial charge < -0.3 is 5.11 Å². The molecule has 0 saturated heterocycles. The summed E-state index contributed by atoms with van der Waals surface area (Å²) >= 11 is 5.76. The topological polar surface area (TPSA) is 61.1 Å². The van der Waals surface area contributed by atoms with Gasteiger partial charge in [0.15, 0.2) is 0 Å². The van der Waals surface area contributed by atoms with Gasteiger partial charge in [-0.25, -0.2) is 4.79 Å². The van der Waals surface area contributed by atoms with Crippen molar-refractivity contribution in [2.24, 2.45) is 0 Å². The average molecular weight is 222 g/mol. The van der Waals surface area contributed by atoms with E-state index in [4.69, 9.17) is 22.0 Å². The van der Waals surface area contributed by atoms with E-state index in [1.807, 2.05) is 6.07 Å². The molecule has 0 amide bonds. The van der Waals surface area contributed by atoms with Crippen LogP contribution in [0.4, 0.5) is 0 Å². The van der Waals surface area contributed by atoms with E-state index >= 15 is 0 Å². The zero-order valence-corrected chi connectivity index (χ0v) is 8.53. The van der Waals surface area contributed by atoms with Crippen LogP contribution in [0, 0.1) is 11.3 Å². The largest absolute Gasteiger partial charge is 0.478 e. The lowest BCUT2D eigenvalue weighted by Crippen LogP contribution is -1.96. The molecule has 0 aromatic heterocycles. The molecule has 1 rings (SSSR count). The van der Waals surface area contributed by atoms with Gasteiger partial charge in [-0.05, 0) is 17.7 Å². The van der Waals surface area contributed by atoms with Crippen LogP contribution in [-0.2, 0) is 0 Å². The highest BCUT2D eigenvalue weighted by molar-refractivity contribution is 6.33. The van der Waals surface area contributed by atoms with Gasteiger partial charge in [-0.3, -0.25) is 0 Å². The van der Waals surface area contributed by atoms with E-state index in [-0.39, 0.29) is 10.6 Å². The van der Waals surface area contributed by atoms with Crippen LogP contribution in [0.2, 0.25) is 5.02 Å². The molecule has 1 aromatic rings. The van der Waals surface area contributed by atoms with Gasteiger partial charge >= 0.3 is 5.97 Å². The minimum Gasteiger partial charge on any atom is -0.478 e. The van der Waals surface area contributed by atoms with E-state index in [0.29, 0.717) is 6.42 Å². The van der Waals surface area contributed by atoms with Gasteiger partial charge in [-0.2, -0.15) is 5.26 Å². The molecule has 0 aliphatic heterocycles. The highest BCUT2D eigenvalue weighted by atomic mass is 35.5. The van der Waals surface area contributed by atoms with Crippen molar-refractivity contribution in [2.75, 3.05) is 0 Å². The third-order valence-corrected chi connectivity index (χ3v) is 2.06. The monoisotopic (exact) mass is 221 g/mol. The summed E-state index contributed by atoms with van der Waals surface area (Å²) in [7, 11) is 0. The molecule has 0 bridgehead atoms. The number of carboxylic acid groups (broad SMARTS) is 1. The number of hydrogen-bond acceptors (Lipinski definition) is 2. The molecule has 0 spiro atoms. The number of halogens is 1. The summed E-state index contributed by atoms with van der Waals surface area (Å²) in [6.07, 6.45) is 3.73. The number of hydrogen-bond donors (Lipinski definition) is 1. The number of carbonyl (C=O) groups is 1. The van der Waals surface area contributed by atoms with E-state index in [1.165, 1.54) is 6.07 Å². The highest BCUT2D eigenvalue weighted by Crippen LogP contribution is 2.18. The van der Waals surface area contributed by atoms with Gasteiger partial charge in [0.25, 0.3) is 0 Å². The molecular formula is C11H8ClNO2. The van der Waals surface area contributed by atoms with E-state index in [1.54, 1.807) is 24.3 Å². The molecule has 3 nitrogen and oxygen atoms in total. The van der Waals surface area contributed by atoms with E-state index in [9.17, 15) is 4.79 Å². The van der Waals surface area contributed by atoms with E-state index < -0.39 is 5.97 Å². The molecule has 0 saturated carbocycles. The van der Waals surface area contributed by atoms with Crippen molar-refractivity contribution in [1.82, 2.24) is 0 Å². The maximum atomic E-state index is 10.6. The van der Waals surface area contributed by atoms with Crippen molar-refractivity contribution < 1.29 is 9.90 Å². The van der Waals surface area contributed by atoms with Crippen LogP contribution in [-0.4, -0.2) is 11.1 Å². The summed E-state index contributed by atoms with van der Waals surface area (Å²) in [6.45, 7) is 0. The van der Waals surface area contributed by atoms with Gasteiger partial charge in [0.1, 0.15) is 0 Å². The Labute approximate surface area is 92.2 Å². The SMILES string of the molecule is N#CCC=Cc1ccc(C(=O)O)c(Cl)c1. The van der Waals surface area contributed by atoms with Crippen LogP contribution >= 0.6 is 11.6 Å². The second-order valence-corrected chi connectivity index (χ2v) is 3.22. The standard InChI is InChI=1S/C11H8ClNO2/c12-10-7-8(3-1-2-6-13)4-5-9(10)11(14)15/h1,3-5,7H,2H2,(H,14,15). The van der Waals surface area contributed by atoms with Crippen molar-refractivity contribution in [1.29, 1.82) is 5.26 Å². The van der Waals surface area contributed by atoms with Crippen LogP contribution < -0.4 is 0 Å². The molecule has 0 radical (unpaired) electrons. The predicted molar refractivity (Wildman–Crippen MR) is 57.7 cm³/mol. The first kappa shape index (κ1) is 11.3. The molecular weight excluding hydrogens is 214 g/mol. The second kappa shape index (κ2) is 5.18. The van der Waals surface area contributed by atoms with Crippen LogP contribution in [0.5, 0.6) is 0 Å². The normalized spacial score (nSPS) is 10.1. The Morgan fingerprint density at radius 3 is 2.87 bits per heavy atom. The van der Waals surface area contributed by atoms with Crippen LogP contribution in [0.1, 0.15) is 22.3 Å². The molecule has 0 aliphatic carbocycles. The molecule has 0 unspecified atom stereocenters. The summed E-state index contributed by atoms with van der Waals surface area (Å²) in [5.74, 6) is -1.05. The second-order valence-electron chi connectivity index (χ2n) is 2.81. The third-order valence-electron chi connectivity index (χ3n) is 1.74. The number of carboxylic acids is 1. The predicted octanol–water partition coefficient (Wildman–Crippen LogP) is 2.97. The molecule has 4 heteroatoms. The Kier molecular flexibility index (Phi) is 3.90. The Hall–Kier alpha value is -1.79. The van der Waals surface area contributed by atoms with Crippen molar-refractivity contribution in [2.45, 2.75) is 6.42 Å². The Morgan fingerprint density at radius 2 is 2.33 bits per heavy atom. The van der Waals surface area contributed by atoms with Gasteiger partial charge in [-0.15, -0.1) is 0 Å².